The van der Waals surface area contributed by atoms with Crippen molar-refractivity contribution < 1.29 is 8.42 Å². The second kappa shape index (κ2) is 3.64. The van der Waals surface area contributed by atoms with Crippen LogP contribution in [-0.4, -0.2) is 18.6 Å². The molecular weight excluding hydrogens is 226 g/mol. The van der Waals surface area contributed by atoms with E-state index in [9.17, 15) is 8.42 Å². The van der Waals surface area contributed by atoms with Gasteiger partial charge in [0.15, 0.2) is 0 Å². The molecule has 0 bridgehead atoms. The Morgan fingerprint density at radius 3 is 2.38 bits per heavy atom. The quantitative estimate of drug-likeness (QED) is 0.819. The lowest BCUT2D eigenvalue weighted by molar-refractivity contribution is 0.596. The van der Waals surface area contributed by atoms with Gasteiger partial charge in [-0.3, -0.25) is 5.10 Å². The third-order valence-electron chi connectivity index (χ3n) is 2.25. The predicted octanol–water partition coefficient (Wildman–Crippen LogP) is 1.13. The normalized spacial score (nSPS) is 11.6. The molecule has 0 spiro atoms. The molecule has 0 aliphatic carbocycles. The third-order valence-corrected chi connectivity index (χ3v) is 4.05. The number of nitrogen functional groups attached to an aromatic ring is 1. The highest BCUT2D eigenvalue weighted by Crippen LogP contribution is 2.23. The predicted molar refractivity (Wildman–Crippen MR) is 59.6 cm³/mol. The number of rotatable bonds is 2. The Balaban J connectivity index is 2.56. The smallest absolute Gasteiger partial charge is 0.211 e. The average Bonchev–Trinajstić information content (AvgIpc) is 2.66. The number of nitrogens with one attached hydrogen (secondary N) is 1. The second-order valence-electron chi connectivity index (χ2n) is 3.46. The van der Waals surface area contributed by atoms with Gasteiger partial charge in [0.1, 0.15) is 10.7 Å². The standard InChI is InChI=1S/C10H11N3O2S/c1-7-2-4-8(5-3-7)16(14,15)9-6-12-13-10(9)11/h2-6H,1H3,(H3,11,12,13). The van der Waals surface area contributed by atoms with Crippen molar-refractivity contribution in [1.82, 2.24) is 10.2 Å². The molecule has 0 aliphatic heterocycles. The van der Waals surface area contributed by atoms with Gasteiger partial charge in [-0.2, -0.15) is 5.10 Å². The van der Waals surface area contributed by atoms with Gasteiger partial charge in [0.2, 0.25) is 9.84 Å². The molecule has 1 heterocycles. The highest BCUT2D eigenvalue weighted by molar-refractivity contribution is 7.91. The topological polar surface area (TPSA) is 88.8 Å². The number of aromatic amines is 1. The van der Waals surface area contributed by atoms with Gasteiger partial charge >= 0.3 is 0 Å². The van der Waals surface area contributed by atoms with Crippen molar-refractivity contribution in [2.24, 2.45) is 0 Å². The summed E-state index contributed by atoms with van der Waals surface area (Å²) in [5.41, 5.74) is 6.50. The van der Waals surface area contributed by atoms with E-state index in [0.29, 0.717) is 0 Å². The number of H-pyrrole nitrogens is 1. The van der Waals surface area contributed by atoms with Crippen LogP contribution in [0, 0.1) is 6.92 Å². The molecule has 0 unspecified atom stereocenters. The summed E-state index contributed by atoms with van der Waals surface area (Å²) in [6.45, 7) is 1.89. The third kappa shape index (κ3) is 1.67. The second-order valence-corrected chi connectivity index (χ2v) is 5.38. The fourth-order valence-corrected chi connectivity index (χ4v) is 2.62. The monoisotopic (exact) mass is 237 g/mol. The van der Waals surface area contributed by atoms with Crippen molar-refractivity contribution >= 4 is 15.7 Å². The molecule has 0 radical (unpaired) electrons. The molecule has 2 aromatic rings. The summed E-state index contributed by atoms with van der Waals surface area (Å²) in [4.78, 5) is 0.225. The minimum atomic E-state index is -3.56. The number of anilines is 1. The number of sulfone groups is 1. The number of nitrogens with zero attached hydrogens (tertiary/aromatic N) is 1. The van der Waals surface area contributed by atoms with E-state index in [1.165, 1.54) is 6.20 Å². The van der Waals surface area contributed by atoms with Crippen LogP contribution in [0.15, 0.2) is 40.3 Å². The first-order chi connectivity index (χ1) is 7.51. The van der Waals surface area contributed by atoms with Crippen molar-refractivity contribution in [1.29, 1.82) is 0 Å². The maximum absolute atomic E-state index is 12.1. The lowest BCUT2D eigenvalue weighted by atomic mass is 10.2. The first-order valence-corrected chi connectivity index (χ1v) is 6.11. The van der Waals surface area contributed by atoms with Gasteiger partial charge < -0.3 is 5.73 Å². The summed E-state index contributed by atoms with van der Waals surface area (Å²) in [5.74, 6) is 0.0561. The SMILES string of the molecule is Cc1ccc(S(=O)(=O)c2cn[nH]c2N)cc1. The summed E-state index contributed by atoms with van der Waals surface area (Å²) in [6.07, 6.45) is 1.21. The van der Waals surface area contributed by atoms with Crippen molar-refractivity contribution in [3.05, 3.63) is 36.0 Å². The maximum atomic E-state index is 12.1. The number of hydrogen-bond acceptors (Lipinski definition) is 4. The average molecular weight is 237 g/mol. The molecule has 0 aliphatic rings. The Kier molecular flexibility index (Phi) is 2.43. The molecule has 2 rings (SSSR count). The van der Waals surface area contributed by atoms with Crippen LogP contribution in [0.4, 0.5) is 5.82 Å². The minimum Gasteiger partial charge on any atom is -0.383 e. The zero-order valence-corrected chi connectivity index (χ0v) is 9.45. The van der Waals surface area contributed by atoms with E-state index in [-0.39, 0.29) is 15.6 Å². The molecule has 0 atom stereocenters. The molecule has 1 aromatic heterocycles. The fourth-order valence-electron chi connectivity index (χ4n) is 1.34. The molecule has 6 heteroatoms. The number of aromatic nitrogens is 2. The van der Waals surface area contributed by atoms with Crippen molar-refractivity contribution in [3.63, 3.8) is 0 Å². The Bertz CT molecular complexity index is 599. The Hall–Kier alpha value is -1.82. The van der Waals surface area contributed by atoms with Crippen LogP contribution in [0.3, 0.4) is 0 Å². The fraction of sp³-hybridized carbons (Fsp3) is 0.100. The molecule has 0 saturated carbocycles. The van der Waals surface area contributed by atoms with E-state index in [1.807, 2.05) is 6.92 Å². The molecule has 5 nitrogen and oxygen atoms in total. The summed E-state index contributed by atoms with van der Waals surface area (Å²) in [5, 5.41) is 6.01. The maximum Gasteiger partial charge on any atom is 0.211 e. The minimum absolute atomic E-state index is 0.0105. The number of benzene rings is 1. The van der Waals surface area contributed by atoms with E-state index < -0.39 is 9.84 Å². The van der Waals surface area contributed by atoms with Crippen LogP contribution in [0.2, 0.25) is 0 Å². The molecule has 3 N–H and O–H groups in total. The molecule has 0 saturated heterocycles. The van der Waals surface area contributed by atoms with E-state index in [0.717, 1.165) is 5.56 Å². The van der Waals surface area contributed by atoms with E-state index in [1.54, 1.807) is 24.3 Å². The van der Waals surface area contributed by atoms with Gasteiger partial charge in [0.25, 0.3) is 0 Å². The summed E-state index contributed by atoms with van der Waals surface area (Å²) in [7, 11) is -3.56. The van der Waals surface area contributed by atoms with Crippen LogP contribution in [0.1, 0.15) is 5.56 Å². The van der Waals surface area contributed by atoms with Gasteiger partial charge in [-0.05, 0) is 19.1 Å². The Morgan fingerprint density at radius 1 is 1.25 bits per heavy atom. The summed E-state index contributed by atoms with van der Waals surface area (Å²) < 4.78 is 24.2. The highest BCUT2D eigenvalue weighted by atomic mass is 32.2. The Morgan fingerprint density at radius 2 is 1.88 bits per heavy atom. The molecule has 84 valence electrons. The zero-order chi connectivity index (χ0) is 11.8. The first-order valence-electron chi connectivity index (χ1n) is 4.62. The lowest BCUT2D eigenvalue weighted by Crippen LogP contribution is -2.03. The van der Waals surface area contributed by atoms with Gasteiger partial charge in [-0.15, -0.1) is 0 Å². The highest BCUT2D eigenvalue weighted by Gasteiger charge is 2.21. The Labute approximate surface area is 93.2 Å². The van der Waals surface area contributed by atoms with E-state index in [2.05, 4.69) is 10.2 Å². The van der Waals surface area contributed by atoms with Crippen LogP contribution in [0.25, 0.3) is 0 Å². The molecule has 1 aromatic carbocycles. The van der Waals surface area contributed by atoms with Crippen LogP contribution in [-0.2, 0) is 9.84 Å². The van der Waals surface area contributed by atoms with Crippen molar-refractivity contribution in [3.8, 4) is 0 Å². The van der Waals surface area contributed by atoms with Gasteiger partial charge in [0, 0.05) is 0 Å². The molecule has 16 heavy (non-hydrogen) atoms. The molecular formula is C10H11N3O2S. The summed E-state index contributed by atoms with van der Waals surface area (Å²) >= 11 is 0. The largest absolute Gasteiger partial charge is 0.383 e. The number of hydrogen-bond donors (Lipinski definition) is 2. The number of nitrogens with two attached hydrogens (primary N) is 1. The van der Waals surface area contributed by atoms with Crippen molar-refractivity contribution in [2.45, 2.75) is 16.7 Å². The number of aryl methyl sites for hydroxylation is 1. The summed E-state index contributed by atoms with van der Waals surface area (Å²) in [6, 6.07) is 6.58. The van der Waals surface area contributed by atoms with E-state index in [4.69, 9.17) is 5.73 Å². The van der Waals surface area contributed by atoms with Crippen LogP contribution < -0.4 is 5.73 Å². The van der Waals surface area contributed by atoms with Crippen LogP contribution >= 0.6 is 0 Å². The van der Waals surface area contributed by atoms with Gasteiger partial charge in [0.05, 0.1) is 11.1 Å². The molecule has 0 fully saturated rings. The van der Waals surface area contributed by atoms with Crippen LogP contribution in [0.5, 0.6) is 0 Å². The van der Waals surface area contributed by atoms with E-state index >= 15 is 0 Å². The van der Waals surface area contributed by atoms with Crippen molar-refractivity contribution in [2.75, 3.05) is 5.73 Å². The molecule has 0 amide bonds. The first kappa shape index (κ1) is 10.7. The lowest BCUT2D eigenvalue weighted by Gasteiger charge is -2.02. The van der Waals surface area contributed by atoms with Gasteiger partial charge in [-0.25, -0.2) is 8.42 Å². The zero-order valence-electron chi connectivity index (χ0n) is 8.64. The van der Waals surface area contributed by atoms with Gasteiger partial charge in [-0.1, -0.05) is 17.7 Å².